The summed E-state index contributed by atoms with van der Waals surface area (Å²) in [7, 11) is 0. The highest BCUT2D eigenvalue weighted by atomic mass is 16.5. The van der Waals surface area contributed by atoms with E-state index in [1.54, 1.807) is 0 Å². The van der Waals surface area contributed by atoms with E-state index in [9.17, 15) is 4.79 Å². The van der Waals surface area contributed by atoms with Crippen LogP contribution in [-0.4, -0.2) is 12.6 Å². The van der Waals surface area contributed by atoms with Gasteiger partial charge in [0.25, 0.3) is 0 Å². The first-order chi connectivity index (χ1) is 17.2. The molecule has 0 amide bonds. The minimum Gasteiger partial charge on any atom is -0.465 e. The first-order valence-electron chi connectivity index (χ1n) is 16.3. The average molecular weight is 495 g/mol. The van der Waals surface area contributed by atoms with Gasteiger partial charge >= 0.3 is 5.97 Å². The third kappa shape index (κ3) is 24.9. The molecule has 2 heteroatoms. The van der Waals surface area contributed by atoms with E-state index in [1.807, 2.05) is 0 Å². The molecule has 0 radical (unpaired) electrons. The van der Waals surface area contributed by atoms with Crippen molar-refractivity contribution in [1.29, 1.82) is 0 Å². The van der Waals surface area contributed by atoms with Crippen LogP contribution >= 0.6 is 0 Å². The van der Waals surface area contributed by atoms with Crippen molar-refractivity contribution in [3.63, 3.8) is 0 Å². The summed E-state index contributed by atoms with van der Waals surface area (Å²) < 4.78 is 5.81. The van der Waals surface area contributed by atoms with E-state index in [0.717, 1.165) is 6.42 Å². The molecule has 0 spiro atoms. The second-order valence-electron chi connectivity index (χ2n) is 11.5. The van der Waals surface area contributed by atoms with Gasteiger partial charge in [-0.25, -0.2) is 0 Å². The van der Waals surface area contributed by atoms with Crippen LogP contribution < -0.4 is 0 Å². The van der Waals surface area contributed by atoms with Crippen LogP contribution in [0.2, 0.25) is 0 Å². The highest BCUT2D eigenvalue weighted by Gasteiger charge is 2.17. The number of rotatable bonds is 28. The second kappa shape index (κ2) is 28.0. The fraction of sp³-hybridized carbons (Fsp3) is 0.970. The first-order valence-corrected chi connectivity index (χ1v) is 16.3. The van der Waals surface area contributed by atoms with Crippen LogP contribution in [0.25, 0.3) is 0 Å². The maximum absolute atomic E-state index is 12.5. The van der Waals surface area contributed by atoms with Crippen molar-refractivity contribution in [3.8, 4) is 0 Å². The molecule has 0 saturated carbocycles. The van der Waals surface area contributed by atoms with Crippen LogP contribution in [0.4, 0.5) is 0 Å². The third-order valence-electron chi connectivity index (χ3n) is 7.79. The Labute approximate surface area is 222 Å². The summed E-state index contributed by atoms with van der Waals surface area (Å²) in [6.07, 6.45) is 33.3. The number of carbonyl (C=O) groups excluding carboxylic acids is 1. The smallest absolute Gasteiger partial charge is 0.308 e. The summed E-state index contributed by atoms with van der Waals surface area (Å²) in [6.45, 7) is 9.55. The predicted octanol–water partition coefficient (Wildman–Crippen LogP) is 11.6. The van der Waals surface area contributed by atoms with Crippen molar-refractivity contribution in [2.45, 2.75) is 188 Å². The Balaban J connectivity index is 3.74. The Bertz CT molecular complexity index is 419. The molecule has 2 unspecified atom stereocenters. The third-order valence-corrected chi connectivity index (χ3v) is 7.79. The van der Waals surface area contributed by atoms with Crippen LogP contribution in [0.5, 0.6) is 0 Å². The van der Waals surface area contributed by atoms with Crippen LogP contribution in [0.3, 0.4) is 0 Å². The molecule has 35 heavy (non-hydrogen) atoms. The SMILES string of the molecule is CCCCCCCCCCCCCCCCC(C)C(=O)OCC(CCCCC)CCCCCCC. The number of carbonyl (C=O) groups is 1. The molecular weight excluding hydrogens is 428 g/mol. The summed E-state index contributed by atoms with van der Waals surface area (Å²) >= 11 is 0. The van der Waals surface area contributed by atoms with Gasteiger partial charge in [-0.05, 0) is 25.2 Å². The van der Waals surface area contributed by atoms with Gasteiger partial charge in [0.2, 0.25) is 0 Å². The highest BCUT2D eigenvalue weighted by Crippen LogP contribution is 2.20. The molecule has 0 N–H and O–H groups in total. The van der Waals surface area contributed by atoms with Crippen molar-refractivity contribution in [2.75, 3.05) is 6.61 Å². The van der Waals surface area contributed by atoms with Gasteiger partial charge in [0.05, 0.1) is 12.5 Å². The van der Waals surface area contributed by atoms with Crippen LogP contribution in [0.15, 0.2) is 0 Å². The van der Waals surface area contributed by atoms with E-state index in [4.69, 9.17) is 4.74 Å². The van der Waals surface area contributed by atoms with E-state index < -0.39 is 0 Å². The predicted molar refractivity (Wildman–Crippen MR) is 156 cm³/mol. The van der Waals surface area contributed by atoms with Gasteiger partial charge in [-0.2, -0.15) is 0 Å². The largest absolute Gasteiger partial charge is 0.465 e. The van der Waals surface area contributed by atoms with Crippen LogP contribution in [0.1, 0.15) is 188 Å². The molecule has 0 fully saturated rings. The first kappa shape index (κ1) is 34.5. The summed E-state index contributed by atoms with van der Waals surface area (Å²) in [5.41, 5.74) is 0. The van der Waals surface area contributed by atoms with E-state index in [1.165, 1.54) is 154 Å². The minimum absolute atomic E-state index is 0.0474. The molecule has 0 saturated heterocycles. The number of ether oxygens (including phenoxy) is 1. The molecule has 2 nitrogen and oxygen atoms in total. The average Bonchev–Trinajstić information content (AvgIpc) is 2.86. The number of esters is 1. The molecule has 2 atom stereocenters. The van der Waals surface area contributed by atoms with Crippen molar-refractivity contribution >= 4 is 5.97 Å². The molecule has 0 aromatic carbocycles. The molecule has 0 aromatic heterocycles. The topological polar surface area (TPSA) is 26.3 Å². The lowest BCUT2D eigenvalue weighted by atomic mass is 9.95. The molecule has 210 valence electrons. The molecule has 0 aliphatic carbocycles. The number of hydrogen-bond donors (Lipinski definition) is 0. The molecular formula is C33H66O2. The van der Waals surface area contributed by atoms with Crippen LogP contribution in [-0.2, 0) is 9.53 Å². The molecule has 0 heterocycles. The summed E-state index contributed by atoms with van der Waals surface area (Å²) in [5.74, 6) is 0.680. The van der Waals surface area contributed by atoms with Crippen molar-refractivity contribution in [2.24, 2.45) is 11.8 Å². The van der Waals surface area contributed by atoms with Gasteiger partial charge in [0, 0.05) is 0 Å². The quantitative estimate of drug-likeness (QED) is 0.0798. The highest BCUT2D eigenvalue weighted by molar-refractivity contribution is 5.71. The van der Waals surface area contributed by atoms with Crippen molar-refractivity contribution in [3.05, 3.63) is 0 Å². The van der Waals surface area contributed by atoms with Crippen LogP contribution in [0, 0.1) is 11.8 Å². The molecule has 0 aliphatic heterocycles. The number of unbranched alkanes of at least 4 members (excludes halogenated alkanes) is 19. The normalized spacial score (nSPS) is 13.1. The molecule has 0 bridgehead atoms. The Morgan fingerprint density at radius 1 is 0.486 bits per heavy atom. The Morgan fingerprint density at radius 3 is 1.23 bits per heavy atom. The summed E-state index contributed by atoms with van der Waals surface area (Å²) in [5, 5.41) is 0. The molecule has 0 aromatic rings. The van der Waals surface area contributed by atoms with Gasteiger partial charge in [-0.15, -0.1) is 0 Å². The summed E-state index contributed by atoms with van der Waals surface area (Å²) in [6, 6.07) is 0. The second-order valence-corrected chi connectivity index (χ2v) is 11.5. The lowest BCUT2D eigenvalue weighted by Gasteiger charge is -2.19. The van der Waals surface area contributed by atoms with E-state index in [0.29, 0.717) is 12.5 Å². The number of hydrogen-bond acceptors (Lipinski definition) is 2. The van der Waals surface area contributed by atoms with Crippen molar-refractivity contribution < 1.29 is 9.53 Å². The zero-order chi connectivity index (χ0) is 25.8. The monoisotopic (exact) mass is 495 g/mol. The lowest BCUT2D eigenvalue weighted by Crippen LogP contribution is -2.19. The van der Waals surface area contributed by atoms with Gasteiger partial charge in [0.15, 0.2) is 0 Å². The van der Waals surface area contributed by atoms with Gasteiger partial charge in [-0.3, -0.25) is 4.79 Å². The van der Waals surface area contributed by atoms with Gasteiger partial charge < -0.3 is 4.74 Å². The van der Waals surface area contributed by atoms with Crippen molar-refractivity contribution in [1.82, 2.24) is 0 Å². The Hall–Kier alpha value is -0.530. The fourth-order valence-corrected chi connectivity index (χ4v) is 5.14. The standard InChI is InChI=1S/C33H66O2/c1-5-8-11-13-14-15-16-17-18-19-20-21-23-25-27-31(4)33(34)35-30-32(28-24-10-7-3)29-26-22-12-9-6-2/h31-32H,5-30H2,1-4H3. The fourth-order valence-electron chi connectivity index (χ4n) is 5.14. The van der Waals surface area contributed by atoms with Gasteiger partial charge in [-0.1, -0.05) is 169 Å². The minimum atomic E-state index is 0.0474. The maximum atomic E-state index is 12.5. The van der Waals surface area contributed by atoms with E-state index in [-0.39, 0.29) is 11.9 Å². The van der Waals surface area contributed by atoms with E-state index in [2.05, 4.69) is 27.7 Å². The zero-order valence-electron chi connectivity index (χ0n) is 24.9. The lowest BCUT2D eigenvalue weighted by molar-refractivity contribution is -0.149. The molecule has 0 rings (SSSR count). The summed E-state index contributed by atoms with van der Waals surface area (Å²) in [4.78, 5) is 12.5. The zero-order valence-corrected chi connectivity index (χ0v) is 24.9. The Kier molecular flexibility index (Phi) is 27.6. The van der Waals surface area contributed by atoms with Gasteiger partial charge in [0.1, 0.15) is 0 Å². The molecule has 0 aliphatic rings. The maximum Gasteiger partial charge on any atom is 0.308 e. The van der Waals surface area contributed by atoms with E-state index >= 15 is 0 Å². The Morgan fingerprint density at radius 2 is 0.800 bits per heavy atom.